The van der Waals surface area contributed by atoms with Crippen LogP contribution in [0.3, 0.4) is 0 Å². The normalized spacial score (nSPS) is 16.2. The molecule has 1 atom stereocenters. The van der Waals surface area contributed by atoms with Crippen molar-refractivity contribution in [3.05, 3.63) is 54.1 Å². The number of esters is 1. The minimum absolute atomic E-state index is 0.165. The monoisotopic (exact) mass is 415 g/mol. The number of rotatable bonds is 6. The molecule has 3 rings (SSSR count). The zero-order valence-corrected chi connectivity index (χ0v) is 17.9. The van der Waals surface area contributed by atoms with Crippen LogP contribution in [0.4, 0.5) is 5.69 Å². The highest BCUT2D eigenvalue weighted by Gasteiger charge is 2.24. The van der Waals surface area contributed by atoms with E-state index in [1.54, 1.807) is 28.4 Å². The molecule has 1 aliphatic heterocycles. The number of carbonyl (C=O) groups excluding carboxylic acids is 2. The van der Waals surface area contributed by atoms with Gasteiger partial charge in [0.15, 0.2) is 6.61 Å². The van der Waals surface area contributed by atoms with E-state index in [9.17, 15) is 9.59 Å². The summed E-state index contributed by atoms with van der Waals surface area (Å²) >= 11 is 3.40. The Balaban J connectivity index is 1.48. The number of nitrogens with zero attached hydrogens (tertiary/aromatic N) is 1. The molecule has 1 amide bonds. The Morgan fingerprint density at radius 1 is 1.18 bits per heavy atom. The number of carbonyl (C=O) groups is 2. The van der Waals surface area contributed by atoms with E-state index in [0.29, 0.717) is 17.5 Å². The third-order valence-electron chi connectivity index (χ3n) is 4.50. The minimum Gasteiger partial charge on any atom is -0.456 e. The summed E-state index contributed by atoms with van der Waals surface area (Å²) in [6.07, 6.45) is 1.20. The summed E-state index contributed by atoms with van der Waals surface area (Å²) in [6, 6.07) is 16.1. The van der Waals surface area contributed by atoms with Crippen LogP contribution in [0, 0.1) is 6.92 Å². The van der Waals surface area contributed by atoms with Gasteiger partial charge in [-0.2, -0.15) is 0 Å². The van der Waals surface area contributed by atoms with Crippen LogP contribution in [0.5, 0.6) is 0 Å². The predicted octanol–water partition coefficient (Wildman–Crippen LogP) is 4.94. The molecule has 0 fully saturated rings. The second kappa shape index (κ2) is 10.0. The van der Waals surface area contributed by atoms with Crippen LogP contribution in [0.25, 0.3) is 0 Å². The standard InChI is InChI=1S/C22H25NO3S2/c1-16-7-9-18(10-8-16)27-14-12-22(25)26-15-21(24)23-13-11-17(2)28-20-6-4-3-5-19(20)23/h3-10,17H,11-15H2,1-2H3. The Hall–Kier alpha value is -1.92. The van der Waals surface area contributed by atoms with Crippen molar-refractivity contribution in [2.75, 3.05) is 23.8 Å². The van der Waals surface area contributed by atoms with E-state index in [4.69, 9.17) is 4.74 Å². The number of fused-ring (bicyclic) bond motifs is 1. The second-order valence-electron chi connectivity index (χ2n) is 6.80. The van der Waals surface area contributed by atoms with Gasteiger partial charge in [0.1, 0.15) is 0 Å². The van der Waals surface area contributed by atoms with Gasteiger partial charge in [0, 0.05) is 27.3 Å². The van der Waals surface area contributed by atoms with Gasteiger partial charge in [-0.3, -0.25) is 9.59 Å². The Bertz CT molecular complexity index is 823. The first-order valence-electron chi connectivity index (χ1n) is 9.44. The van der Waals surface area contributed by atoms with Gasteiger partial charge in [-0.1, -0.05) is 36.8 Å². The lowest BCUT2D eigenvalue weighted by atomic mass is 10.2. The molecule has 28 heavy (non-hydrogen) atoms. The average Bonchev–Trinajstić information content (AvgIpc) is 2.86. The summed E-state index contributed by atoms with van der Waals surface area (Å²) in [5.41, 5.74) is 2.12. The van der Waals surface area contributed by atoms with Gasteiger partial charge in [0.25, 0.3) is 5.91 Å². The molecule has 0 saturated carbocycles. The lowest BCUT2D eigenvalue weighted by Gasteiger charge is -2.22. The molecule has 0 aliphatic carbocycles. The second-order valence-corrected chi connectivity index (χ2v) is 9.45. The van der Waals surface area contributed by atoms with Crippen LogP contribution in [-0.4, -0.2) is 36.0 Å². The number of hydrogen-bond donors (Lipinski definition) is 0. The topological polar surface area (TPSA) is 46.6 Å². The van der Waals surface area contributed by atoms with Gasteiger partial charge in [0.05, 0.1) is 12.1 Å². The summed E-state index contributed by atoms with van der Waals surface area (Å²) in [5, 5.41) is 0.445. The number of anilines is 1. The van der Waals surface area contributed by atoms with E-state index in [-0.39, 0.29) is 24.9 Å². The maximum absolute atomic E-state index is 12.7. The summed E-state index contributed by atoms with van der Waals surface area (Å²) in [7, 11) is 0. The highest BCUT2D eigenvalue weighted by molar-refractivity contribution is 8.00. The number of aryl methyl sites for hydroxylation is 1. The Morgan fingerprint density at radius 3 is 2.71 bits per heavy atom. The van der Waals surface area contributed by atoms with Crippen molar-refractivity contribution in [3.63, 3.8) is 0 Å². The van der Waals surface area contributed by atoms with Crippen molar-refractivity contribution in [3.8, 4) is 0 Å². The fraction of sp³-hybridized carbons (Fsp3) is 0.364. The van der Waals surface area contributed by atoms with E-state index in [0.717, 1.165) is 21.9 Å². The number of benzene rings is 2. The first kappa shape index (κ1) is 20.8. The molecular formula is C22H25NO3S2. The summed E-state index contributed by atoms with van der Waals surface area (Å²) < 4.78 is 5.25. The molecule has 0 aromatic heterocycles. The van der Waals surface area contributed by atoms with Crippen LogP contribution in [0.15, 0.2) is 58.3 Å². The quantitative estimate of drug-likeness (QED) is 0.494. The van der Waals surface area contributed by atoms with Gasteiger partial charge in [0.2, 0.25) is 0 Å². The predicted molar refractivity (Wildman–Crippen MR) is 116 cm³/mol. The van der Waals surface area contributed by atoms with Crippen LogP contribution < -0.4 is 4.90 Å². The number of hydrogen-bond acceptors (Lipinski definition) is 5. The number of para-hydroxylation sites is 1. The maximum Gasteiger partial charge on any atom is 0.307 e. The highest BCUT2D eigenvalue weighted by Crippen LogP contribution is 2.37. The average molecular weight is 416 g/mol. The van der Waals surface area contributed by atoms with Crippen molar-refractivity contribution in [2.45, 2.75) is 41.7 Å². The highest BCUT2D eigenvalue weighted by atomic mass is 32.2. The fourth-order valence-corrected chi connectivity index (χ4v) is 4.87. The van der Waals surface area contributed by atoms with Crippen molar-refractivity contribution >= 4 is 41.1 Å². The molecule has 148 valence electrons. The first-order valence-corrected chi connectivity index (χ1v) is 11.3. The molecule has 2 aromatic rings. The van der Waals surface area contributed by atoms with E-state index in [2.05, 4.69) is 19.1 Å². The number of ether oxygens (including phenoxy) is 1. The zero-order chi connectivity index (χ0) is 19.9. The van der Waals surface area contributed by atoms with E-state index >= 15 is 0 Å². The lowest BCUT2D eigenvalue weighted by Crippen LogP contribution is -2.35. The van der Waals surface area contributed by atoms with E-state index in [1.807, 2.05) is 43.3 Å². The summed E-state index contributed by atoms with van der Waals surface area (Å²) in [4.78, 5) is 28.7. The number of thioether (sulfide) groups is 2. The van der Waals surface area contributed by atoms with Gasteiger partial charge >= 0.3 is 5.97 Å². The van der Waals surface area contributed by atoms with Crippen LogP contribution >= 0.6 is 23.5 Å². The third-order valence-corrected chi connectivity index (χ3v) is 6.75. The molecule has 0 radical (unpaired) electrons. The molecule has 1 aliphatic rings. The fourth-order valence-electron chi connectivity index (χ4n) is 2.92. The van der Waals surface area contributed by atoms with Crippen molar-refractivity contribution < 1.29 is 14.3 Å². The molecule has 0 bridgehead atoms. The largest absolute Gasteiger partial charge is 0.456 e. The van der Waals surface area contributed by atoms with Crippen LogP contribution in [0.1, 0.15) is 25.3 Å². The molecule has 4 nitrogen and oxygen atoms in total. The number of amides is 1. The smallest absolute Gasteiger partial charge is 0.307 e. The Kier molecular flexibility index (Phi) is 7.45. The zero-order valence-electron chi connectivity index (χ0n) is 16.2. The molecule has 6 heteroatoms. The van der Waals surface area contributed by atoms with Crippen LogP contribution in [0.2, 0.25) is 0 Å². The van der Waals surface area contributed by atoms with Gasteiger partial charge < -0.3 is 9.64 Å². The third kappa shape index (κ3) is 5.79. The van der Waals surface area contributed by atoms with Crippen molar-refractivity contribution in [2.24, 2.45) is 0 Å². The maximum atomic E-state index is 12.7. The summed E-state index contributed by atoms with van der Waals surface area (Å²) in [6.45, 7) is 4.65. The van der Waals surface area contributed by atoms with Crippen molar-refractivity contribution in [1.29, 1.82) is 0 Å². The molecular weight excluding hydrogens is 390 g/mol. The van der Waals surface area contributed by atoms with Gasteiger partial charge in [-0.05, 0) is 37.6 Å². The molecule has 0 saturated heterocycles. The molecule has 0 spiro atoms. The van der Waals surface area contributed by atoms with Gasteiger partial charge in [-0.15, -0.1) is 23.5 Å². The molecule has 1 heterocycles. The Labute approximate surface area is 175 Å². The Morgan fingerprint density at radius 2 is 1.93 bits per heavy atom. The van der Waals surface area contributed by atoms with Crippen molar-refractivity contribution in [1.82, 2.24) is 0 Å². The van der Waals surface area contributed by atoms with Gasteiger partial charge in [-0.25, -0.2) is 0 Å². The summed E-state index contributed by atoms with van der Waals surface area (Å²) in [5.74, 6) is 0.136. The molecule has 1 unspecified atom stereocenters. The molecule has 2 aromatic carbocycles. The van der Waals surface area contributed by atoms with E-state index < -0.39 is 0 Å². The lowest BCUT2D eigenvalue weighted by molar-refractivity contribution is -0.147. The minimum atomic E-state index is -0.334. The SMILES string of the molecule is Cc1ccc(SCCC(=O)OCC(=O)N2CCC(C)Sc3ccccc32)cc1. The first-order chi connectivity index (χ1) is 13.5. The molecule has 0 N–H and O–H groups in total. The van der Waals surface area contributed by atoms with Crippen LogP contribution in [-0.2, 0) is 14.3 Å². The van der Waals surface area contributed by atoms with E-state index in [1.165, 1.54) is 5.56 Å².